The predicted octanol–water partition coefficient (Wildman–Crippen LogP) is 3.96. The van der Waals surface area contributed by atoms with Crippen LogP contribution in [0.3, 0.4) is 0 Å². The number of fused-ring (bicyclic) bond motifs is 1. The van der Waals surface area contributed by atoms with Crippen LogP contribution in [0.5, 0.6) is 0 Å². The Morgan fingerprint density at radius 1 is 1.14 bits per heavy atom. The van der Waals surface area contributed by atoms with Crippen LogP contribution in [0.25, 0.3) is 17.0 Å². The molecule has 0 radical (unpaired) electrons. The van der Waals surface area contributed by atoms with Gasteiger partial charge in [0.15, 0.2) is 0 Å². The van der Waals surface area contributed by atoms with E-state index in [0.29, 0.717) is 11.3 Å². The maximum atomic E-state index is 12.6. The summed E-state index contributed by atoms with van der Waals surface area (Å²) in [6.07, 6.45) is -1.66. The quantitative estimate of drug-likeness (QED) is 0.575. The van der Waals surface area contributed by atoms with Gasteiger partial charge in [-0.1, -0.05) is 22.9 Å². The standard InChI is InChI=1S/C18H12F3N5O2/c1-10-2-4-12(5-3-10)22-16(27)13-9-26-7-6-11(8-14(26)23-13)15-24-17(28-25-15)18(19,20)21/h2-9H,1H3,(H,22,27). The molecule has 142 valence electrons. The summed E-state index contributed by atoms with van der Waals surface area (Å²) in [5.74, 6) is -2.06. The first-order valence-electron chi connectivity index (χ1n) is 8.08. The van der Waals surface area contributed by atoms with Crippen LogP contribution in [0.2, 0.25) is 0 Å². The Bertz CT molecular complexity index is 1160. The molecule has 4 rings (SSSR count). The third-order valence-corrected chi connectivity index (χ3v) is 3.93. The fraction of sp³-hybridized carbons (Fsp3) is 0.111. The monoisotopic (exact) mass is 387 g/mol. The van der Waals surface area contributed by atoms with Crippen LogP contribution >= 0.6 is 0 Å². The minimum Gasteiger partial charge on any atom is -0.329 e. The number of rotatable bonds is 3. The van der Waals surface area contributed by atoms with Crippen molar-refractivity contribution in [1.82, 2.24) is 19.5 Å². The third-order valence-electron chi connectivity index (χ3n) is 3.93. The molecule has 1 aromatic carbocycles. The van der Waals surface area contributed by atoms with E-state index in [1.165, 1.54) is 18.3 Å². The van der Waals surface area contributed by atoms with Crippen molar-refractivity contribution in [2.75, 3.05) is 5.32 Å². The second-order valence-corrected chi connectivity index (χ2v) is 6.05. The van der Waals surface area contributed by atoms with Gasteiger partial charge in [-0.25, -0.2) is 4.98 Å². The lowest BCUT2D eigenvalue weighted by Gasteiger charge is -2.02. The van der Waals surface area contributed by atoms with E-state index in [0.717, 1.165) is 5.56 Å². The molecule has 0 saturated heterocycles. The number of hydrogen-bond acceptors (Lipinski definition) is 5. The predicted molar refractivity (Wildman–Crippen MR) is 92.6 cm³/mol. The number of benzene rings is 1. The van der Waals surface area contributed by atoms with Gasteiger partial charge in [0, 0.05) is 23.6 Å². The van der Waals surface area contributed by atoms with Gasteiger partial charge in [-0.2, -0.15) is 18.2 Å². The summed E-state index contributed by atoms with van der Waals surface area (Å²) in [5, 5.41) is 6.08. The van der Waals surface area contributed by atoms with E-state index >= 15 is 0 Å². The van der Waals surface area contributed by atoms with Crippen molar-refractivity contribution < 1.29 is 22.5 Å². The Balaban J connectivity index is 1.60. The lowest BCUT2D eigenvalue weighted by Crippen LogP contribution is -2.12. The number of carbonyl (C=O) groups is 1. The Morgan fingerprint density at radius 3 is 2.57 bits per heavy atom. The number of nitrogens with one attached hydrogen (secondary N) is 1. The number of amides is 1. The minimum atomic E-state index is -4.72. The summed E-state index contributed by atoms with van der Waals surface area (Å²) in [6.45, 7) is 1.94. The van der Waals surface area contributed by atoms with E-state index in [9.17, 15) is 18.0 Å². The molecule has 10 heteroatoms. The number of carbonyl (C=O) groups excluding carboxylic acids is 1. The van der Waals surface area contributed by atoms with E-state index in [2.05, 4.69) is 25.0 Å². The zero-order valence-electron chi connectivity index (χ0n) is 14.4. The van der Waals surface area contributed by atoms with E-state index in [1.807, 2.05) is 19.1 Å². The number of alkyl halides is 3. The van der Waals surface area contributed by atoms with E-state index in [4.69, 9.17) is 0 Å². The average molecular weight is 387 g/mol. The lowest BCUT2D eigenvalue weighted by molar-refractivity contribution is -0.159. The number of halogens is 3. The van der Waals surface area contributed by atoms with Gasteiger partial charge < -0.3 is 14.2 Å². The smallest absolute Gasteiger partial charge is 0.329 e. The molecule has 4 aromatic rings. The molecule has 0 unspecified atom stereocenters. The molecule has 0 aliphatic heterocycles. The molecule has 7 nitrogen and oxygen atoms in total. The van der Waals surface area contributed by atoms with Gasteiger partial charge in [-0.05, 0) is 31.2 Å². The van der Waals surface area contributed by atoms with Gasteiger partial charge in [-0.3, -0.25) is 4.79 Å². The fourth-order valence-electron chi connectivity index (χ4n) is 2.52. The molecule has 0 aliphatic rings. The number of pyridine rings is 1. The van der Waals surface area contributed by atoms with Gasteiger partial charge in [0.25, 0.3) is 5.91 Å². The average Bonchev–Trinajstić information content (AvgIpc) is 3.29. The molecule has 1 N–H and O–H groups in total. The van der Waals surface area contributed by atoms with Crippen LogP contribution in [0.15, 0.2) is 53.3 Å². The maximum absolute atomic E-state index is 12.6. The molecular weight excluding hydrogens is 375 g/mol. The van der Waals surface area contributed by atoms with Crippen molar-refractivity contribution in [3.8, 4) is 11.4 Å². The molecular formula is C18H12F3N5O2. The number of nitrogens with zero attached hydrogens (tertiary/aromatic N) is 4. The largest absolute Gasteiger partial charge is 0.471 e. The molecule has 0 saturated carbocycles. The lowest BCUT2D eigenvalue weighted by atomic mass is 10.2. The molecule has 0 bridgehead atoms. The molecule has 1 amide bonds. The Morgan fingerprint density at radius 2 is 1.89 bits per heavy atom. The van der Waals surface area contributed by atoms with E-state index < -0.39 is 18.0 Å². The van der Waals surface area contributed by atoms with E-state index in [1.54, 1.807) is 22.7 Å². The highest BCUT2D eigenvalue weighted by Crippen LogP contribution is 2.29. The van der Waals surface area contributed by atoms with Crippen molar-refractivity contribution in [2.24, 2.45) is 0 Å². The molecule has 0 atom stereocenters. The zero-order chi connectivity index (χ0) is 19.9. The van der Waals surface area contributed by atoms with Crippen LogP contribution in [0.1, 0.15) is 21.9 Å². The molecule has 0 aliphatic carbocycles. The summed E-state index contributed by atoms with van der Waals surface area (Å²) in [7, 11) is 0. The van der Waals surface area contributed by atoms with Crippen LogP contribution in [0.4, 0.5) is 18.9 Å². The van der Waals surface area contributed by atoms with Crippen LogP contribution < -0.4 is 5.32 Å². The summed E-state index contributed by atoms with van der Waals surface area (Å²) in [5.41, 5.74) is 2.47. The number of aryl methyl sites for hydroxylation is 1. The highest BCUT2D eigenvalue weighted by molar-refractivity contribution is 6.03. The Hall–Kier alpha value is -3.69. The first-order valence-corrected chi connectivity index (χ1v) is 8.08. The van der Waals surface area contributed by atoms with Crippen molar-refractivity contribution in [2.45, 2.75) is 13.1 Å². The van der Waals surface area contributed by atoms with Crippen molar-refractivity contribution in [3.63, 3.8) is 0 Å². The highest BCUT2D eigenvalue weighted by Gasteiger charge is 2.38. The normalized spacial score (nSPS) is 11.7. The summed E-state index contributed by atoms with van der Waals surface area (Å²) >= 11 is 0. The molecule has 0 spiro atoms. The molecule has 3 aromatic heterocycles. The highest BCUT2D eigenvalue weighted by atomic mass is 19.4. The van der Waals surface area contributed by atoms with Crippen LogP contribution in [-0.2, 0) is 6.18 Å². The topological polar surface area (TPSA) is 85.3 Å². The summed E-state index contributed by atoms with van der Waals surface area (Å²) in [6, 6.07) is 10.2. The molecule has 28 heavy (non-hydrogen) atoms. The van der Waals surface area contributed by atoms with Gasteiger partial charge >= 0.3 is 12.1 Å². The second-order valence-electron chi connectivity index (χ2n) is 6.05. The SMILES string of the molecule is Cc1ccc(NC(=O)c2cn3ccc(-c4noc(C(F)(F)F)n4)cc3n2)cc1. The number of aromatic nitrogens is 4. The molecule has 3 heterocycles. The summed E-state index contributed by atoms with van der Waals surface area (Å²) < 4.78 is 43.6. The van der Waals surface area contributed by atoms with Gasteiger partial charge in [0.05, 0.1) is 0 Å². The Kier molecular flexibility index (Phi) is 4.10. The van der Waals surface area contributed by atoms with E-state index in [-0.39, 0.29) is 17.1 Å². The fourth-order valence-corrected chi connectivity index (χ4v) is 2.52. The molecule has 0 fully saturated rings. The number of imidazole rings is 1. The van der Waals surface area contributed by atoms with Crippen molar-refractivity contribution >= 4 is 17.2 Å². The first kappa shape index (κ1) is 17.7. The zero-order valence-corrected chi connectivity index (χ0v) is 14.4. The number of anilines is 1. The van der Waals surface area contributed by atoms with Crippen molar-refractivity contribution in [3.05, 3.63) is 65.9 Å². The van der Waals surface area contributed by atoms with Crippen LogP contribution in [-0.4, -0.2) is 25.4 Å². The number of hydrogen-bond donors (Lipinski definition) is 1. The van der Waals surface area contributed by atoms with Gasteiger partial charge in [0.2, 0.25) is 5.82 Å². The second kappa shape index (κ2) is 6.48. The summed E-state index contributed by atoms with van der Waals surface area (Å²) in [4.78, 5) is 19.9. The maximum Gasteiger partial charge on any atom is 0.471 e. The van der Waals surface area contributed by atoms with Crippen molar-refractivity contribution in [1.29, 1.82) is 0 Å². The van der Waals surface area contributed by atoms with Gasteiger partial charge in [0.1, 0.15) is 11.3 Å². The Labute approximate surface area is 155 Å². The first-order chi connectivity index (χ1) is 13.3. The minimum absolute atomic E-state index is 0.154. The van der Waals surface area contributed by atoms with Crippen LogP contribution in [0, 0.1) is 6.92 Å². The third kappa shape index (κ3) is 3.43. The van der Waals surface area contributed by atoms with Gasteiger partial charge in [-0.15, -0.1) is 0 Å².